The molecule has 7 heteroatoms. The Hall–Kier alpha value is -1.28. The summed E-state index contributed by atoms with van der Waals surface area (Å²) in [4.78, 5) is -0.138. The lowest BCUT2D eigenvalue weighted by atomic mass is 10.1. The smallest absolute Gasteiger partial charge is 0.131 e. The van der Waals surface area contributed by atoms with E-state index in [2.05, 4.69) is 0 Å². The van der Waals surface area contributed by atoms with Crippen molar-refractivity contribution in [3.8, 4) is 5.75 Å². The SMILES string of the molecule is O=S([O-])c1ccc2cc(S(=O)[O-])c(O)cc2c1. The molecule has 2 unspecified atom stereocenters. The number of phenolic OH excluding ortho intramolecular Hbond substituents is 1. The van der Waals surface area contributed by atoms with Crippen molar-refractivity contribution in [3.05, 3.63) is 30.3 Å². The molecule has 0 spiro atoms. The molecule has 0 saturated heterocycles. The Morgan fingerprint density at radius 3 is 2.24 bits per heavy atom. The van der Waals surface area contributed by atoms with E-state index in [1.807, 2.05) is 0 Å². The summed E-state index contributed by atoms with van der Waals surface area (Å²) < 4.78 is 43.1. The molecule has 0 bridgehead atoms. The Morgan fingerprint density at radius 2 is 1.65 bits per heavy atom. The molecule has 2 atom stereocenters. The lowest BCUT2D eigenvalue weighted by Gasteiger charge is -2.11. The summed E-state index contributed by atoms with van der Waals surface area (Å²) in [5.74, 6) is -0.403. The van der Waals surface area contributed by atoms with Gasteiger partial charge in [0.05, 0.1) is 4.90 Å². The largest absolute Gasteiger partial charge is 0.768 e. The van der Waals surface area contributed by atoms with E-state index in [0.29, 0.717) is 10.8 Å². The summed E-state index contributed by atoms with van der Waals surface area (Å²) in [5, 5.41) is 10.5. The zero-order valence-corrected chi connectivity index (χ0v) is 9.92. The zero-order valence-electron chi connectivity index (χ0n) is 8.28. The van der Waals surface area contributed by atoms with E-state index < -0.39 is 27.9 Å². The highest BCUT2D eigenvalue weighted by atomic mass is 32.2. The molecule has 90 valence electrons. The lowest BCUT2D eigenvalue weighted by molar-refractivity contribution is 0.456. The third kappa shape index (κ3) is 2.37. The minimum Gasteiger partial charge on any atom is -0.768 e. The van der Waals surface area contributed by atoms with Gasteiger partial charge in [-0.2, -0.15) is 0 Å². The molecule has 1 N–H and O–H groups in total. The Bertz CT molecular complexity index is 638. The van der Waals surface area contributed by atoms with E-state index >= 15 is 0 Å². The Morgan fingerprint density at radius 1 is 0.941 bits per heavy atom. The number of hydrogen-bond acceptors (Lipinski definition) is 5. The molecule has 0 amide bonds. The molecule has 2 aromatic rings. The van der Waals surface area contributed by atoms with Crippen LogP contribution >= 0.6 is 0 Å². The molecular weight excluding hydrogens is 264 g/mol. The lowest BCUT2D eigenvalue weighted by Crippen LogP contribution is -1.92. The van der Waals surface area contributed by atoms with Gasteiger partial charge in [-0.25, -0.2) is 0 Å². The maximum atomic E-state index is 10.8. The third-order valence-electron chi connectivity index (χ3n) is 2.26. The van der Waals surface area contributed by atoms with Gasteiger partial charge in [0.1, 0.15) is 5.75 Å². The first kappa shape index (κ1) is 12.2. The van der Waals surface area contributed by atoms with Crippen LogP contribution in [0.25, 0.3) is 10.8 Å². The highest BCUT2D eigenvalue weighted by molar-refractivity contribution is 7.79. The fourth-order valence-electron chi connectivity index (χ4n) is 1.48. The second-order valence-corrected chi connectivity index (χ2v) is 5.15. The molecular formula is C10H6O5S2-2. The second kappa shape index (κ2) is 4.53. The summed E-state index contributed by atoms with van der Waals surface area (Å²) >= 11 is -4.89. The van der Waals surface area contributed by atoms with Crippen LogP contribution in [0.5, 0.6) is 5.75 Å². The molecule has 0 aromatic heterocycles. The Labute approximate surface area is 102 Å². The first-order chi connectivity index (χ1) is 7.99. The van der Waals surface area contributed by atoms with Crippen molar-refractivity contribution in [3.63, 3.8) is 0 Å². The van der Waals surface area contributed by atoms with Gasteiger partial charge in [-0.1, -0.05) is 6.07 Å². The van der Waals surface area contributed by atoms with Crippen LogP contribution in [0.15, 0.2) is 40.1 Å². The van der Waals surface area contributed by atoms with Gasteiger partial charge in [-0.3, -0.25) is 8.42 Å². The molecule has 2 rings (SSSR count). The van der Waals surface area contributed by atoms with Gasteiger partial charge in [0, 0.05) is 4.90 Å². The van der Waals surface area contributed by atoms with Gasteiger partial charge in [0.2, 0.25) is 0 Å². The van der Waals surface area contributed by atoms with Gasteiger partial charge >= 0.3 is 0 Å². The van der Waals surface area contributed by atoms with Crippen LogP contribution in [0.3, 0.4) is 0 Å². The average molecular weight is 270 g/mol. The predicted octanol–water partition coefficient (Wildman–Crippen LogP) is 1.02. The van der Waals surface area contributed by atoms with E-state index in [4.69, 9.17) is 0 Å². The van der Waals surface area contributed by atoms with Crippen molar-refractivity contribution in [2.24, 2.45) is 0 Å². The quantitative estimate of drug-likeness (QED) is 0.821. The maximum Gasteiger partial charge on any atom is 0.131 e. The van der Waals surface area contributed by atoms with Crippen LogP contribution < -0.4 is 0 Å². The van der Waals surface area contributed by atoms with Crippen molar-refractivity contribution >= 4 is 32.9 Å². The number of aromatic hydroxyl groups is 1. The molecule has 0 fully saturated rings. The second-order valence-electron chi connectivity index (χ2n) is 3.30. The molecule has 0 aliphatic carbocycles. The molecule has 0 heterocycles. The van der Waals surface area contributed by atoms with Crippen molar-refractivity contribution in [2.75, 3.05) is 0 Å². The molecule has 0 aliphatic heterocycles. The predicted molar refractivity (Wildman–Crippen MR) is 60.0 cm³/mol. The van der Waals surface area contributed by atoms with Crippen molar-refractivity contribution in [2.45, 2.75) is 9.79 Å². The topological polar surface area (TPSA) is 100 Å². The zero-order chi connectivity index (χ0) is 12.6. The molecule has 0 aliphatic rings. The number of benzene rings is 2. The number of rotatable bonds is 2. The number of fused-ring (bicyclic) bond motifs is 1. The molecule has 5 nitrogen and oxygen atoms in total. The normalized spacial score (nSPS) is 14.7. The van der Waals surface area contributed by atoms with Gasteiger partial charge < -0.3 is 14.2 Å². The van der Waals surface area contributed by atoms with Crippen LogP contribution in [-0.2, 0) is 22.2 Å². The van der Waals surface area contributed by atoms with E-state index in [9.17, 15) is 22.6 Å². The highest BCUT2D eigenvalue weighted by Crippen LogP contribution is 2.28. The van der Waals surface area contributed by atoms with Crippen LogP contribution in [0.1, 0.15) is 0 Å². The summed E-state index contributed by atoms with van der Waals surface area (Å²) in [5.41, 5.74) is 0. The number of hydrogen-bond donors (Lipinski definition) is 1. The third-order valence-corrected chi connectivity index (χ3v) is 3.59. The van der Waals surface area contributed by atoms with Crippen molar-refractivity contribution in [1.82, 2.24) is 0 Å². The fraction of sp³-hybridized carbons (Fsp3) is 0. The summed E-state index contributed by atoms with van der Waals surface area (Å²) in [6, 6.07) is 6.70. The summed E-state index contributed by atoms with van der Waals surface area (Å²) in [7, 11) is 0. The first-order valence-electron chi connectivity index (χ1n) is 4.44. The van der Waals surface area contributed by atoms with Crippen LogP contribution in [0.2, 0.25) is 0 Å². The van der Waals surface area contributed by atoms with Gasteiger partial charge in [0.15, 0.2) is 0 Å². The summed E-state index contributed by atoms with van der Waals surface area (Å²) in [6.45, 7) is 0. The van der Waals surface area contributed by atoms with E-state index in [0.717, 1.165) is 0 Å². The van der Waals surface area contributed by atoms with E-state index in [1.54, 1.807) is 0 Å². The van der Waals surface area contributed by atoms with Crippen LogP contribution in [0.4, 0.5) is 0 Å². The molecule has 17 heavy (non-hydrogen) atoms. The maximum absolute atomic E-state index is 10.8. The minimum absolute atomic E-state index is 0.0768. The summed E-state index contributed by atoms with van der Waals surface area (Å²) in [6.07, 6.45) is 0. The van der Waals surface area contributed by atoms with Crippen molar-refractivity contribution < 1.29 is 22.6 Å². The Kier molecular flexibility index (Phi) is 3.25. The monoisotopic (exact) mass is 270 g/mol. The fourth-order valence-corrected chi connectivity index (χ4v) is 2.34. The first-order valence-corrected chi connectivity index (χ1v) is 6.59. The van der Waals surface area contributed by atoms with Crippen LogP contribution in [0, 0.1) is 0 Å². The van der Waals surface area contributed by atoms with Crippen LogP contribution in [-0.4, -0.2) is 22.6 Å². The van der Waals surface area contributed by atoms with Gasteiger partial charge in [-0.15, -0.1) is 0 Å². The minimum atomic E-state index is -2.53. The number of phenols is 1. The Balaban J connectivity index is 2.70. The van der Waals surface area contributed by atoms with Crippen molar-refractivity contribution in [1.29, 1.82) is 0 Å². The molecule has 2 aromatic carbocycles. The van der Waals surface area contributed by atoms with E-state index in [1.165, 1.54) is 30.3 Å². The standard InChI is InChI=1S/C10H8O5S2/c11-9-4-7-3-8(16(12)13)2-1-6(7)5-10(9)17(14)15/h1-5,11H,(H,12,13)(H,14,15)/p-2. The molecule has 0 saturated carbocycles. The average Bonchev–Trinajstić information content (AvgIpc) is 2.26. The molecule has 0 radical (unpaired) electrons. The van der Waals surface area contributed by atoms with Gasteiger partial charge in [-0.05, 0) is 57.2 Å². The highest BCUT2D eigenvalue weighted by Gasteiger charge is 2.05. The van der Waals surface area contributed by atoms with E-state index in [-0.39, 0.29) is 9.79 Å². The van der Waals surface area contributed by atoms with Gasteiger partial charge in [0.25, 0.3) is 0 Å².